The van der Waals surface area contributed by atoms with Crippen molar-refractivity contribution in [3.8, 4) is 0 Å². The Hall–Kier alpha value is -0.180. The SMILES string of the molecule is CCCCC(S)NC(=O)CC. The minimum absolute atomic E-state index is 0.0439. The molecule has 0 aromatic carbocycles. The van der Waals surface area contributed by atoms with Gasteiger partial charge in [-0.3, -0.25) is 4.79 Å². The number of nitrogens with one attached hydrogen (secondary N) is 1. The lowest BCUT2D eigenvalue weighted by molar-refractivity contribution is -0.120. The molecule has 0 spiro atoms. The summed E-state index contributed by atoms with van der Waals surface area (Å²) in [4.78, 5) is 10.8. The Balaban J connectivity index is 3.35. The Morgan fingerprint density at radius 1 is 1.55 bits per heavy atom. The molecule has 1 atom stereocenters. The standard InChI is InChI=1S/C8H17NOS/c1-3-5-6-8(11)9-7(10)4-2/h8,11H,3-6H2,1-2H3,(H,9,10). The van der Waals surface area contributed by atoms with E-state index < -0.39 is 0 Å². The molecule has 1 amide bonds. The Labute approximate surface area is 74.2 Å². The molecule has 1 unspecified atom stereocenters. The summed E-state index contributed by atoms with van der Waals surface area (Å²) in [6, 6.07) is 0. The molecule has 0 aliphatic heterocycles. The first kappa shape index (κ1) is 10.8. The van der Waals surface area contributed by atoms with Gasteiger partial charge in [-0.15, -0.1) is 0 Å². The largest absolute Gasteiger partial charge is 0.345 e. The molecule has 0 saturated carbocycles. The van der Waals surface area contributed by atoms with E-state index in [-0.39, 0.29) is 11.3 Å². The molecule has 0 aliphatic rings. The lowest BCUT2D eigenvalue weighted by Crippen LogP contribution is -2.29. The molecule has 0 fully saturated rings. The highest BCUT2D eigenvalue weighted by atomic mass is 32.1. The number of hydrogen-bond donors (Lipinski definition) is 2. The fourth-order valence-corrected chi connectivity index (χ4v) is 1.08. The lowest BCUT2D eigenvalue weighted by Gasteiger charge is -2.10. The number of thiol groups is 1. The van der Waals surface area contributed by atoms with Gasteiger partial charge in [0.1, 0.15) is 0 Å². The highest BCUT2D eigenvalue weighted by Crippen LogP contribution is 2.03. The van der Waals surface area contributed by atoms with E-state index >= 15 is 0 Å². The second kappa shape index (κ2) is 6.53. The quantitative estimate of drug-likeness (QED) is 0.485. The van der Waals surface area contributed by atoms with E-state index in [4.69, 9.17) is 0 Å². The maximum Gasteiger partial charge on any atom is 0.220 e. The number of unbranched alkanes of at least 4 members (excludes halogenated alkanes) is 1. The molecular weight excluding hydrogens is 158 g/mol. The molecule has 0 bridgehead atoms. The number of rotatable bonds is 5. The van der Waals surface area contributed by atoms with Crippen molar-refractivity contribution < 1.29 is 4.79 Å². The van der Waals surface area contributed by atoms with E-state index in [1.807, 2.05) is 6.92 Å². The molecule has 1 N–H and O–H groups in total. The molecule has 66 valence electrons. The minimum Gasteiger partial charge on any atom is -0.345 e. The van der Waals surface area contributed by atoms with Crippen LogP contribution < -0.4 is 5.32 Å². The van der Waals surface area contributed by atoms with Gasteiger partial charge in [0.25, 0.3) is 0 Å². The van der Waals surface area contributed by atoms with Gasteiger partial charge in [0.15, 0.2) is 0 Å². The van der Waals surface area contributed by atoms with Crippen LogP contribution in [0.15, 0.2) is 0 Å². The molecule has 0 aliphatic carbocycles. The third kappa shape index (κ3) is 6.23. The van der Waals surface area contributed by atoms with Crippen molar-refractivity contribution in [1.29, 1.82) is 0 Å². The van der Waals surface area contributed by atoms with Crippen LogP contribution in [0.3, 0.4) is 0 Å². The van der Waals surface area contributed by atoms with Crippen LogP contribution in [0.2, 0.25) is 0 Å². The summed E-state index contributed by atoms with van der Waals surface area (Å²) >= 11 is 4.23. The number of hydrogen-bond acceptors (Lipinski definition) is 2. The van der Waals surface area contributed by atoms with Gasteiger partial charge >= 0.3 is 0 Å². The maximum atomic E-state index is 10.8. The van der Waals surface area contributed by atoms with Gasteiger partial charge in [0, 0.05) is 6.42 Å². The summed E-state index contributed by atoms with van der Waals surface area (Å²) in [6.45, 7) is 3.97. The second-order valence-electron chi connectivity index (χ2n) is 2.58. The first-order chi connectivity index (χ1) is 5.20. The second-order valence-corrected chi connectivity index (χ2v) is 3.20. The van der Waals surface area contributed by atoms with Crippen molar-refractivity contribution in [2.75, 3.05) is 0 Å². The molecule has 2 nitrogen and oxygen atoms in total. The van der Waals surface area contributed by atoms with Crippen LogP contribution in [-0.4, -0.2) is 11.3 Å². The number of carbonyl (C=O) groups excluding carboxylic acids is 1. The van der Waals surface area contributed by atoms with Gasteiger partial charge in [-0.05, 0) is 6.42 Å². The first-order valence-corrected chi connectivity index (χ1v) is 4.69. The monoisotopic (exact) mass is 175 g/mol. The predicted octanol–water partition coefficient (Wildman–Crippen LogP) is 1.96. The van der Waals surface area contributed by atoms with Crippen molar-refractivity contribution in [2.24, 2.45) is 0 Å². The minimum atomic E-state index is 0.0439. The average Bonchev–Trinajstić information content (AvgIpc) is 2.00. The Kier molecular flexibility index (Phi) is 6.42. The number of amides is 1. The van der Waals surface area contributed by atoms with Crippen molar-refractivity contribution >= 4 is 18.5 Å². The zero-order valence-corrected chi connectivity index (χ0v) is 8.16. The van der Waals surface area contributed by atoms with Gasteiger partial charge < -0.3 is 5.32 Å². The summed E-state index contributed by atoms with van der Waals surface area (Å²) in [5.41, 5.74) is 0. The highest BCUT2D eigenvalue weighted by molar-refractivity contribution is 7.80. The van der Waals surface area contributed by atoms with Gasteiger partial charge in [0.2, 0.25) is 5.91 Å². The van der Waals surface area contributed by atoms with E-state index in [2.05, 4.69) is 24.9 Å². The van der Waals surface area contributed by atoms with E-state index in [0.29, 0.717) is 6.42 Å². The fourth-order valence-electron chi connectivity index (χ4n) is 0.758. The summed E-state index contributed by atoms with van der Waals surface area (Å²) in [6.07, 6.45) is 3.78. The molecule has 0 aromatic rings. The van der Waals surface area contributed by atoms with Crippen LogP contribution in [0.1, 0.15) is 39.5 Å². The van der Waals surface area contributed by atoms with Crippen molar-refractivity contribution in [1.82, 2.24) is 5.32 Å². The molecule has 3 heteroatoms. The Morgan fingerprint density at radius 2 is 2.18 bits per heavy atom. The van der Waals surface area contributed by atoms with E-state index in [0.717, 1.165) is 19.3 Å². The average molecular weight is 175 g/mol. The Bertz CT molecular complexity index is 117. The zero-order chi connectivity index (χ0) is 8.69. The molecule has 0 heterocycles. The van der Waals surface area contributed by atoms with Crippen LogP contribution >= 0.6 is 12.6 Å². The van der Waals surface area contributed by atoms with Crippen LogP contribution in [-0.2, 0) is 4.79 Å². The van der Waals surface area contributed by atoms with Gasteiger partial charge in [-0.2, -0.15) is 12.6 Å². The van der Waals surface area contributed by atoms with Gasteiger partial charge in [-0.25, -0.2) is 0 Å². The van der Waals surface area contributed by atoms with Crippen LogP contribution in [0.4, 0.5) is 0 Å². The van der Waals surface area contributed by atoms with Crippen molar-refractivity contribution in [3.05, 3.63) is 0 Å². The third-order valence-corrected chi connectivity index (χ3v) is 1.87. The van der Waals surface area contributed by atoms with Crippen LogP contribution in [0.5, 0.6) is 0 Å². The zero-order valence-electron chi connectivity index (χ0n) is 7.26. The molecular formula is C8H17NOS. The number of carbonyl (C=O) groups is 1. The normalized spacial score (nSPS) is 12.6. The van der Waals surface area contributed by atoms with E-state index in [1.54, 1.807) is 0 Å². The molecule has 11 heavy (non-hydrogen) atoms. The summed E-state index contributed by atoms with van der Waals surface area (Å²) in [7, 11) is 0. The van der Waals surface area contributed by atoms with E-state index in [1.165, 1.54) is 0 Å². The topological polar surface area (TPSA) is 29.1 Å². The lowest BCUT2D eigenvalue weighted by atomic mass is 10.2. The molecule has 0 saturated heterocycles. The van der Waals surface area contributed by atoms with Crippen LogP contribution in [0.25, 0.3) is 0 Å². The molecule has 0 radical (unpaired) electrons. The predicted molar refractivity (Wildman–Crippen MR) is 50.7 cm³/mol. The third-order valence-electron chi connectivity index (χ3n) is 1.48. The smallest absolute Gasteiger partial charge is 0.220 e. The maximum absolute atomic E-state index is 10.8. The van der Waals surface area contributed by atoms with Crippen molar-refractivity contribution in [2.45, 2.75) is 44.9 Å². The Morgan fingerprint density at radius 3 is 2.64 bits per heavy atom. The highest BCUT2D eigenvalue weighted by Gasteiger charge is 2.03. The first-order valence-electron chi connectivity index (χ1n) is 4.18. The summed E-state index contributed by atoms with van der Waals surface area (Å²) in [5.74, 6) is 0.0844. The fraction of sp³-hybridized carbons (Fsp3) is 0.875. The molecule has 0 aromatic heterocycles. The molecule has 0 rings (SSSR count). The van der Waals surface area contributed by atoms with Gasteiger partial charge in [-0.1, -0.05) is 26.7 Å². The van der Waals surface area contributed by atoms with Crippen LogP contribution in [0, 0.1) is 0 Å². The summed E-state index contributed by atoms with van der Waals surface area (Å²) < 4.78 is 0. The summed E-state index contributed by atoms with van der Waals surface area (Å²) in [5, 5.41) is 2.83. The van der Waals surface area contributed by atoms with Gasteiger partial charge in [0.05, 0.1) is 5.37 Å². The van der Waals surface area contributed by atoms with E-state index in [9.17, 15) is 4.79 Å². The van der Waals surface area contributed by atoms with Crippen molar-refractivity contribution in [3.63, 3.8) is 0 Å².